The van der Waals surface area contributed by atoms with Gasteiger partial charge in [-0.25, -0.2) is 4.39 Å². The molecule has 5 heteroatoms. The highest BCUT2D eigenvalue weighted by Gasteiger charge is 2.31. The summed E-state index contributed by atoms with van der Waals surface area (Å²) in [5.41, 5.74) is 0.551. The first-order valence-electron chi connectivity index (χ1n) is 6.38. The van der Waals surface area contributed by atoms with Crippen molar-refractivity contribution in [2.75, 3.05) is 14.1 Å². The molecule has 0 amide bonds. The first-order chi connectivity index (χ1) is 9.77. The monoisotopic (exact) mass is 297 g/mol. The van der Waals surface area contributed by atoms with Crippen LogP contribution in [0, 0.1) is 5.82 Å². The number of nitrogens with zero attached hydrogens (tertiary/aromatic N) is 1. The zero-order valence-electron chi connectivity index (χ0n) is 11.7. The molecule has 0 fully saturated rings. The van der Waals surface area contributed by atoms with Crippen LogP contribution in [-0.4, -0.2) is 19.0 Å². The smallest absolute Gasteiger partial charge is 0.305 e. The summed E-state index contributed by atoms with van der Waals surface area (Å²) in [5.74, 6) is -0.664. The predicted octanol–water partition coefficient (Wildman–Crippen LogP) is 4.57. The lowest BCUT2D eigenvalue weighted by molar-refractivity contribution is -0.137. The third-order valence-corrected chi connectivity index (χ3v) is 3.06. The zero-order chi connectivity index (χ0) is 15.6. The van der Waals surface area contributed by atoms with Crippen molar-refractivity contribution < 1.29 is 17.6 Å². The number of hydrogen-bond acceptors (Lipinski definition) is 1. The second kappa shape index (κ2) is 5.85. The Morgan fingerprint density at radius 3 is 2.10 bits per heavy atom. The lowest BCUT2D eigenvalue weighted by atomic mass is 10.0. The summed E-state index contributed by atoms with van der Waals surface area (Å²) in [6, 6.07) is 9.29. The van der Waals surface area contributed by atoms with Crippen molar-refractivity contribution in [1.29, 1.82) is 0 Å². The topological polar surface area (TPSA) is 3.24 Å². The molecule has 112 valence electrons. The van der Waals surface area contributed by atoms with Crippen LogP contribution >= 0.6 is 0 Å². The molecule has 0 unspecified atom stereocenters. The number of alkyl halides is 3. The molecule has 21 heavy (non-hydrogen) atoms. The highest BCUT2D eigenvalue weighted by atomic mass is 19.4. The minimum Gasteiger partial charge on any atom is -0.305 e. The van der Waals surface area contributed by atoms with E-state index in [0.717, 1.165) is 23.8 Å². The van der Waals surface area contributed by atoms with E-state index in [0.29, 0.717) is 12.1 Å². The van der Waals surface area contributed by atoms with Crippen molar-refractivity contribution in [2.45, 2.75) is 12.7 Å². The fraction of sp³-hybridized carbons (Fsp3) is 0.250. The molecule has 1 nitrogen and oxygen atoms in total. The molecule has 0 N–H and O–H groups in total. The normalized spacial score (nSPS) is 12.0. The molecule has 0 aromatic heterocycles. The van der Waals surface area contributed by atoms with Crippen molar-refractivity contribution in [2.24, 2.45) is 0 Å². The average molecular weight is 297 g/mol. The van der Waals surface area contributed by atoms with Gasteiger partial charge in [-0.05, 0) is 43.4 Å². The van der Waals surface area contributed by atoms with Crippen LogP contribution < -0.4 is 0 Å². The Kier molecular flexibility index (Phi) is 4.32. The maximum Gasteiger partial charge on any atom is 0.416 e. The third-order valence-electron chi connectivity index (χ3n) is 3.06. The number of hydrogen-bond donors (Lipinski definition) is 0. The largest absolute Gasteiger partial charge is 0.416 e. The van der Waals surface area contributed by atoms with E-state index in [1.54, 1.807) is 24.3 Å². The van der Waals surface area contributed by atoms with Gasteiger partial charge in [0.1, 0.15) is 5.82 Å². The minimum atomic E-state index is -4.48. The molecule has 0 saturated carbocycles. The molecule has 2 aromatic rings. The molecule has 0 aliphatic rings. The van der Waals surface area contributed by atoms with Gasteiger partial charge < -0.3 is 4.90 Å². The van der Waals surface area contributed by atoms with Gasteiger partial charge >= 0.3 is 6.18 Å². The maximum absolute atomic E-state index is 13.8. The Labute approximate surface area is 120 Å². The first-order valence-corrected chi connectivity index (χ1v) is 6.38. The summed E-state index contributed by atoms with van der Waals surface area (Å²) in [4.78, 5) is 1.97. The van der Waals surface area contributed by atoms with E-state index >= 15 is 0 Å². The predicted molar refractivity (Wildman–Crippen MR) is 74.2 cm³/mol. The Balaban J connectivity index is 2.37. The van der Waals surface area contributed by atoms with Crippen LogP contribution in [0.25, 0.3) is 11.1 Å². The molecule has 0 radical (unpaired) electrons. The lowest BCUT2D eigenvalue weighted by Crippen LogP contribution is -2.10. The van der Waals surface area contributed by atoms with Gasteiger partial charge in [0.15, 0.2) is 0 Å². The van der Waals surface area contributed by atoms with E-state index in [1.165, 1.54) is 0 Å². The minimum absolute atomic E-state index is 0.0405. The quantitative estimate of drug-likeness (QED) is 0.750. The third kappa shape index (κ3) is 3.82. The summed E-state index contributed by atoms with van der Waals surface area (Å²) in [6.07, 6.45) is -4.48. The van der Waals surface area contributed by atoms with E-state index in [9.17, 15) is 17.6 Å². The van der Waals surface area contributed by atoms with Crippen LogP contribution in [-0.2, 0) is 12.7 Å². The standard InChI is InChI=1S/C16H15F4N/c1-21(2)10-11-3-5-12(6-4-11)14-9-13(16(18,19)20)7-8-15(14)17/h3-9H,10H2,1-2H3. The van der Waals surface area contributed by atoms with Crippen LogP contribution in [0.2, 0.25) is 0 Å². The highest BCUT2D eigenvalue weighted by Crippen LogP contribution is 2.33. The Morgan fingerprint density at radius 1 is 0.952 bits per heavy atom. The summed E-state index contributed by atoms with van der Waals surface area (Å²) >= 11 is 0. The molecule has 0 spiro atoms. The summed E-state index contributed by atoms with van der Waals surface area (Å²) in [6.45, 7) is 0.714. The van der Waals surface area contributed by atoms with Crippen molar-refractivity contribution >= 4 is 0 Å². The van der Waals surface area contributed by atoms with E-state index in [2.05, 4.69) is 0 Å². The van der Waals surface area contributed by atoms with Crippen LogP contribution in [0.4, 0.5) is 17.6 Å². The van der Waals surface area contributed by atoms with Gasteiger partial charge in [0, 0.05) is 12.1 Å². The maximum atomic E-state index is 13.8. The summed E-state index contributed by atoms with van der Waals surface area (Å²) in [5, 5.41) is 0. The Bertz CT molecular complexity index is 615. The van der Waals surface area contributed by atoms with Crippen molar-refractivity contribution in [3.63, 3.8) is 0 Å². The molecule has 0 atom stereocenters. The van der Waals surface area contributed by atoms with Crippen molar-refractivity contribution in [3.05, 3.63) is 59.4 Å². The van der Waals surface area contributed by atoms with Gasteiger partial charge in [0.05, 0.1) is 5.56 Å². The van der Waals surface area contributed by atoms with Gasteiger partial charge in [0.2, 0.25) is 0 Å². The fourth-order valence-corrected chi connectivity index (χ4v) is 2.08. The van der Waals surface area contributed by atoms with Crippen molar-refractivity contribution in [3.8, 4) is 11.1 Å². The fourth-order valence-electron chi connectivity index (χ4n) is 2.08. The molecule has 2 aromatic carbocycles. The highest BCUT2D eigenvalue weighted by molar-refractivity contribution is 5.65. The molecular formula is C16H15F4N. The summed E-state index contributed by atoms with van der Waals surface area (Å²) in [7, 11) is 3.83. The number of benzene rings is 2. The molecule has 0 aliphatic carbocycles. The number of rotatable bonds is 3. The first kappa shape index (κ1) is 15.5. The van der Waals surface area contributed by atoms with Gasteiger partial charge in [-0.15, -0.1) is 0 Å². The van der Waals surface area contributed by atoms with Crippen LogP contribution in [0.3, 0.4) is 0 Å². The molecular weight excluding hydrogens is 282 g/mol. The molecule has 0 saturated heterocycles. The van der Waals surface area contributed by atoms with E-state index in [4.69, 9.17) is 0 Å². The summed E-state index contributed by atoms with van der Waals surface area (Å²) < 4.78 is 51.9. The van der Waals surface area contributed by atoms with E-state index in [1.807, 2.05) is 19.0 Å². The molecule has 0 bridgehead atoms. The Hall–Kier alpha value is -1.88. The van der Waals surface area contributed by atoms with Crippen LogP contribution in [0.1, 0.15) is 11.1 Å². The van der Waals surface area contributed by atoms with E-state index < -0.39 is 17.6 Å². The van der Waals surface area contributed by atoms with Gasteiger partial charge in [-0.3, -0.25) is 0 Å². The lowest BCUT2D eigenvalue weighted by Gasteiger charge is -2.12. The van der Waals surface area contributed by atoms with Crippen LogP contribution in [0.15, 0.2) is 42.5 Å². The van der Waals surface area contributed by atoms with Gasteiger partial charge in [-0.1, -0.05) is 24.3 Å². The van der Waals surface area contributed by atoms with E-state index in [-0.39, 0.29) is 5.56 Å². The average Bonchev–Trinajstić information content (AvgIpc) is 2.38. The van der Waals surface area contributed by atoms with Crippen molar-refractivity contribution in [1.82, 2.24) is 4.90 Å². The van der Waals surface area contributed by atoms with Gasteiger partial charge in [-0.2, -0.15) is 13.2 Å². The molecule has 0 aliphatic heterocycles. The molecule has 0 heterocycles. The Morgan fingerprint density at radius 2 is 1.57 bits per heavy atom. The van der Waals surface area contributed by atoms with Crippen LogP contribution in [0.5, 0.6) is 0 Å². The number of halogens is 4. The second-order valence-electron chi connectivity index (χ2n) is 5.13. The molecule has 2 rings (SSSR count). The zero-order valence-corrected chi connectivity index (χ0v) is 11.7. The SMILES string of the molecule is CN(C)Cc1ccc(-c2cc(C(F)(F)F)ccc2F)cc1. The van der Waals surface area contributed by atoms with Gasteiger partial charge in [0.25, 0.3) is 0 Å². The second-order valence-corrected chi connectivity index (χ2v) is 5.13.